The van der Waals surface area contributed by atoms with E-state index in [0.717, 1.165) is 11.4 Å². The molecule has 0 saturated carbocycles. The molecule has 19 heavy (non-hydrogen) atoms. The third-order valence-corrected chi connectivity index (χ3v) is 4.42. The molecule has 1 saturated heterocycles. The van der Waals surface area contributed by atoms with Crippen molar-refractivity contribution in [1.29, 1.82) is 0 Å². The molecule has 0 aromatic carbocycles. The van der Waals surface area contributed by atoms with E-state index < -0.39 is 12.0 Å². The molecule has 0 radical (unpaired) electrons. The lowest BCUT2D eigenvalue weighted by Crippen LogP contribution is -2.37. The maximum Gasteiger partial charge on any atom is 0.305 e. The normalized spacial score (nSPS) is 24.1. The highest BCUT2D eigenvalue weighted by molar-refractivity contribution is 7.10. The molecule has 5 nitrogen and oxygen atoms in total. The van der Waals surface area contributed by atoms with E-state index in [4.69, 9.17) is 5.11 Å². The molecule has 0 aliphatic carbocycles. The monoisotopic (exact) mass is 282 g/mol. The summed E-state index contributed by atoms with van der Waals surface area (Å²) >= 11 is 1.46. The van der Waals surface area contributed by atoms with Gasteiger partial charge >= 0.3 is 5.97 Å². The summed E-state index contributed by atoms with van der Waals surface area (Å²) < 4.78 is 0. The predicted octanol–water partition coefficient (Wildman–Crippen LogP) is 1.24. The molecule has 1 aliphatic rings. The van der Waals surface area contributed by atoms with Crippen LogP contribution < -0.4 is 10.6 Å². The van der Waals surface area contributed by atoms with Crippen LogP contribution in [-0.4, -0.2) is 30.1 Å². The van der Waals surface area contributed by atoms with Gasteiger partial charge in [0.1, 0.15) is 0 Å². The molecule has 104 valence electrons. The van der Waals surface area contributed by atoms with Gasteiger partial charge in [-0.3, -0.25) is 9.59 Å². The summed E-state index contributed by atoms with van der Waals surface area (Å²) in [6, 6.07) is 3.29. The summed E-state index contributed by atoms with van der Waals surface area (Å²) in [6.45, 7) is 3.53. The van der Waals surface area contributed by atoms with Gasteiger partial charge in [0.05, 0.1) is 18.4 Å². The second-order valence-electron chi connectivity index (χ2n) is 4.92. The molecular weight excluding hydrogens is 264 g/mol. The van der Waals surface area contributed by atoms with Gasteiger partial charge < -0.3 is 15.7 Å². The first kappa shape index (κ1) is 14.0. The minimum absolute atomic E-state index is 0.0582. The third-order valence-electron chi connectivity index (χ3n) is 3.44. The Bertz CT molecular complexity index is 447. The predicted molar refractivity (Wildman–Crippen MR) is 73.0 cm³/mol. The topological polar surface area (TPSA) is 78.4 Å². The molecule has 1 aromatic rings. The van der Waals surface area contributed by atoms with Crippen molar-refractivity contribution in [1.82, 2.24) is 10.6 Å². The largest absolute Gasteiger partial charge is 0.481 e. The molecule has 3 atom stereocenters. The number of thiophene rings is 1. The maximum absolute atomic E-state index is 12.2. The van der Waals surface area contributed by atoms with E-state index in [9.17, 15) is 9.59 Å². The van der Waals surface area contributed by atoms with E-state index in [-0.39, 0.29) is 24.2 Å². The second kappa shape index (κ2) is 6.16. The Morgan fingerprint density at radius 1 is 1.58 bits per heavy atom. The summed E-state index contributed by atoms with van der Waals surface area (Å²) in [5.74, 6) is -0.751. The molecule has 0 spiro atoms. The van der Waals surface area contributed by atoms with Gasteiger partial charge in [-0.2, -0.15) is 0 Å². The van der Waals surface area contributed by atoms with Gasteiger partial charge in [0, 0.05) is 11.4 Å². The Hall–Kier alpha value is -1.40. The lowest BCUT2D eigenvalue weighted by molar-refractivity contribution is -0.137. The highest BCUT2D eigenvalue weighted by Crippen LogP contribution is 2.24. The lowest BCUT2D eigenvalue weighted by Gasteiger charge is -2.20. The van der Waals surface area contributed by atoms with Gasteiger partial charge in [0.25, 0.3) is 0 Å². The average Bonchev–Trinajstić information content (AvgIpc) is 2.97. The Morgan fingerprint density at radius 3 is 2.89 bits per heavy atom. The molecule has 3 N–H and O–H groups in total. The van der Waals surface area contributed by atoms with Crippen molar-refractivity contribution < 1.29 is 14.7 Å². The Kier molecular flexibility index (Phi) is 4.55. The molecule has 1 aromatic heterocycles. The minimum Gasteiger partial charge on any atom is -0.481 e. The first-order valence-corrected chi connectivity index (χ1v) is 7.22. The van der Waals surface area contributed by atoms with E-state index in [1.54, 1.807) is 0 Å². The van der Waals surface area contributed by atoms with Gasteiger partial charge in [-0.1, -0.05) is 13.0 Å². The fourth-order valence-corrected chi connectivity index (χ4v) is 3.10. The van der Waals surface area contributed by atoms with Crippen LogP contribution in [0.25, 0.3) is 0 Å². The quantitative estimate of drug-likeness (QED) is 0.759. The highest BCUT2D eigenvalue weighted by atomic mass is 32.1. The smallest absolute Gasteiger partial charge is 0.305 e. The number of carbonyl (C=O) groups excluding carboxylic acids is 1. The number of hydrogen-bond donors (Lipinski definition) is 3. The molecule has 1 amide bonds. The number of rotatable bonds is 5. The highest BCUT2D eigenvalue weighted by Gasteiger charge is 2.31. The molecule has 3 unspecified atom stereocenters. The molecule has 0 bridgehead atoms. The molecule has 1 fully saturated rings. The first-order valence-electron chi connectivity index (χ1n) is 6.34. The average molecular weight is 282 g/mol. The third kappa shape index (κ3) is 3.54. The van der Waals surface area contributed by atoms with Crippen LogP contribution in [0.15, 0.2) is 17.5 Å². The summed E-state index contributed by atoms with van der Waals surface area (Å²) in [6.07, 6.45) is -0.0826. The van der Waals surface area contributed by atoms with Crippen LogP contribution in [0.5, 0.6) is 0 Å². The van der Waals surface area contributed by atoms with Gasteiger partial charge in [0.2, 0.25) is 5.91 Å². The van der Waals surface area contributed by atoms with Gasteiger partial charge in [-0.05, 0) is 23.9 Å². The zero-order valence-electron chi connectivity index (χ0n) is 10.8. The fraction of sp³-hybridized carbons (Fsp3) is 0.538. The molecule has 1 aliphatic heterocycles. The van der Waals surface area contributed by atoms with Crippen molar-refractivity contribution in [3.05, 3.63) is 22.4 Å². The zero-order valence-corrected chi connectivity index (χ0v) is 11.6. The number of amides is 1. The van der Waals surface area contributed by atoms with Gasteiger partial charge in [0.15, 0.2) is 0 Å². The van der Waals surface area contributed by atoms with Crippen molar-refractivity contribution in [3.8, 4) is 0 Å². The van der Waals surface area contributed by atoms with Crippen LogP contribution in [0.4, 0.5) is 0 Å². The number of aliphatic carboxylic acids is 1. The molecule has 6 heteroatoms. The van der Waals surface area contributed by atoms with E-state index in [2.05, 4.69) is 10.6 Å². The van der Waals surface area contributed by atoms with Crippen LogP contribution in [-0.2, 0) is 9.59 Å². The van der Waals surface area contributed by atoms with E-state index in [0.29, 0.717) is 6.54 Å². The standard InChI is InChI=1S/C13H18N2O3S/c1-8-6-14-7-9(8)13(18)15-10(5-12(16)17)11-3-2-4-19-11/h2-4,8-10,14H,5-7H2,1H3,(H,15,18)(H,16,17). The number of carbonyl (C=O) groups is 2. The summed E-state index contributed by atoms with van der Waals surface area (Å²) in [7, 11) is 0. The van der Waals surface area contributed by atoms with Crippen molar-refractivity contribution in [2.45, 2.75) is 19.4 Å². The van der Waals surface area contributed by atoms with E-state index >= 15 is 0 Å². The summed E-state index contributed by atoms with van der Waals surface area (Å²) in [4.78, 5) is 24.0. The number of carboxylic acid groups (broad SMARTS) is 1. The number of nitrogens with one attached hydrogen (secondary N) is 2. The summed E-state index contributed by atoms with van der Waals surface area (Å²) in [5.41, 5.74) is 0. The molecule has 2 rings (SSSR count). The Morgan fingerprint density at radius 2 is 2.37 bits per heavy atom. The number of hydrogen-bond acceptors (Lipinski definition) is 4. The molecular formula is C13H18N2O3S. The van der Waals surface area contributed by atoms with E-state index in [1.807, 2.05) is 24.4 Å². The first-order chi connectivity index (χ1) is 9.08. The fourth-order valence-electron chi connectivity index (χ4n) is 2.33. The number of carboxylic acids is 1. The minimum atomic E-state index is -0.906. The zero-order chi connectivity index (χ0) is 13.8. The van der Waals surface area contributed by atoms with Crippen LogP contribution in [0.2, 0.25) is 0 Å². The van der Waals surface area contributed by atoms with Crippen LogP contribution >= 0.6 is 11.3 Å². The van der Waals surface area contributed by atoms with Gasteiger partial charge in [-0.15, -0.1) is 11.3 Å². The van der Waals surface area contributed by atoms with Crippen molar-refractivity contribution in [2.75, 3.05) is 13.1 Å². The van der Waals surface area contributed by atoms with Crippen molar-refractivity contribution in [2.24, 2.45) is 11.8 Å². The maximum atomic E-state index is 12.2. The van der Waals surface area contributed by atoms with Crippen LogP contribution in [0.3, 0.4) is 0 Å². The SMILES string of the molecule is CC1CNCC1C(=O)NC(CC(=O)O)c1cccs1. The van der Waals surface area contributed by atoms with E-state index in [1.165, 1.54) is 11.3 Å². The Balaban J connectivity index is 2.03. The second-order valence-corrected chi connectivity index (χ2v) is 5.90. The summed E-state index contributed by atoms with van der Waals surface area (Å²) in [5, 5.41) is 16.9. The van der Waals surface area contributed by atoms with Crippen molar-refractivity contribution in [3.63, 3.8) is 0 Å². The van der Waals surface area contributed by atoms with Crippen LogP contribution in [0.1, 0.15) is 24.3 Å². The van der Waals surface area contributed by atoms with Crippen LogP contribution in [0, 0.1) is 11.8 Å². The Labute approximate surface area is 116 Å². The van der Waals surface area contributed by atoms with Crippen molar-refractivity contribution >= 4 is 23.2 Å². The lowest BCUT2D eigenvalue weighted by atomic mass is 9.96. The molecule has 2 heterocycles. The van der Waals surface area contributed by atoms with Gasteiger partial charge in [-0.25, -0.2) is 0 Å².